The van der Waals surface area contributed by atoms with Gasteiger partial charge >= 0.3 is 0 Å². The molecule has 0 amide bonds. The van der Waals surface area contributed by atoms with Gasteiger partial charge in [-0.2, -0.15) is 0 Å². The van der Waals surface area contributed by atoms with E-state index in [1.54, 1.807) is 0 Å². The van der Waals surface area contributed by atoms with Gasteiger partial charge in [0.25, 0.3) is 0 Å². The zero-order valence-corrected chi connectivity index (χ0v) is 34.4. The number of fused-ring (bicyclic) bond motifs is 13. The lowest BCUT2D eigenvalue weighted by Gasteiger charge is -2.33. The summed E-state index contributed by atoms with van der Waals surface area (Å²) in [4.78, 5) is 2.45. The summed E-state index contributed by atoms with van der Waals surface area (Å²) in [5.74, 6) is 0. The normalized spacial score (nSPS) is 14.4. The zero-order chi connectivity index (χ0) is 41.5. The van der Waals surface area contributed by atoms with Crippen LogP contribution in [0.2, 0.25) is 0 Å². The number of hydrogen-bond donors (Lipinski definition) is 0. The van der Waals surface area contributed by atoms with Crippen LogP contribution in [0, 0.1) is 0 Å². The van der Waals surface area contributed by atoms with Gasteiger partial charge in [-0.25, -0.2) is 0 Å². The zero-order valence-electron chi connectivity index (χ0n) is 34.4. The fourth-order valence-corrected chi connectivity index (χ4v) is 10.8. The number of benzene rings is 10. The molecular weight excluding hydrogens is 763 g/mol. The van der Waals surface area contributed by atoms with Gasteiger partial charge in [-0.15, -0.1) is 0 Å². The largest absolute Gasteiger partial charge is 0.455 e. The molecule has 63 heavy (non-hydrogen) atoms. The molecule has 2 heteroatoms. The minimum Gasteiger partial charge on any atom is -0.455 e. The van der Waals surface area contributed by atoms with E-state index in [-0.39, 0.29) is 0 Å². The Morgan fingerprint density at radius 2 is 0.810 bits per heavy atom. The van der Waals surface area contributed by atoms with Crippen LogP contribution in [0.15, 0.2) is 241 Å². The summed E-state index contributed by atoms with van der Waals surface area (Å²) >= 11 is 0. The molecule has 0 saturated carbocycles. The van der Waals surface area contributed by atoms with E-state index < -0.39 is 5.41 Å². The van der Waals surface area contributed by atoms with Crippen LogP contribution in [0.3, 0.4) is 0 Å². The molecule has 0 fully saturated rings. The molecule has 2 aliphatic rings. The molecular formula is C61H39NO. The van der Waals surface area contributed by atoms with E-state index in [1.807, 2.05) is 6.07 Å². The summed E-state index contributed by atoms with van der Waals surface area (Å²) < 4.78 is 6.51. The van der Waals surface area contributed by atoms with Crippen molar-refractivity contribution in [2.24, 2.45) is 0 Å². The van der Waals surface area contributed by atoms with E-state index in [2.05, 4.69) is 235 Å². The maximum Gasteiger partial charge on any atom is 0.143 e. The number of hydrogen-bond acceptors (Lipinski definition) is 2. The van der Waals surface area contributed by atoms with Crippen molar-refractivity contribution in [3.8, 4) is 55.6 Å². The van der Waals surface area contributed by atoms with Crippen molar-refractivity contribution in [1.82, 2.24) is 0 Å². The quantitative estimate of drug-likeness (QED) is 0.167. The van der Waals surface area contributed by atoms with E-state index in [1.165, 1.54) is 61.2 Å². The number of rotatable bonds is 6. The monoisotopic (exact) mass is 801 g/mol. The number of anilines is 3. The van der Waals surface area contributed by atoms with Crippen molar-refractivity contribution in [2.75, 3.05) is 4.90 Å². The minimum atomic E-state index is -0.515. The molecule has 1 aromatic heterocycles. The Morgan fingerprint density at radius 1 is 0.302 bits per heavy atom. The number of para-hydroxylation sites is 3. The van der Waals surface area contributed by atoms with Gasteiger partial charge in [-0.1, -0.05) is 194 Å². The summed E-state index contributed by atoms with van der Waals surface area (Å²) in [6.45, 7) is 0. The predicted molar refractivity (Wildman–Crippen MR) is 261 cm³/mol. The third-order valence-electron chi connectivity index (χ3n) is 13.5. The molecule has 294 valence electrons. The first-order valence-corrected chi connectivity index (χ1v) is 21.8. The fourth-order valence-electron chi connectivity index (χ4n) is 10.8. The first-order valence-electron chi connectivity index (χ1n) is 21.8. The second-order valence-electron chi connectivity index (χ2n) is 16.7. The molecule has 2 aliphatic carbocycles. The minimum absolute atomic E-state index is 0.515. The third kappa shape index (κ3) is 5.25. The molecule has 0 aliphatic heterocycles. The van der Waals surface area contributed by atoms with Crippen molar-refractivity contribution in [2.45, 2.75) is 5.41 Å². The summed E-state index contributed by atoms with van der Waals surface area (Å²) in [5.41, 5.74) is 22.0. The van der Waals surface area contributed by atoms with Gasteiger partial charge in [0.15, 0.2) is 0 Å². The van der Waals surface area contributed by atoms with Crippen molar-refractivity contribution in [3.05, 3.63) is 259 Å². The third-order valence-corrected chi connectivity index (χ3v) is 13.5. The first kappa shape index (κ1) is 35.5. The van der Waals surface area contributed by atoms with Crippen molar-refractivity contribution >= 4 is 39.0 Å². The fraction of sp³-hybridized carbons (Fsp3) is 0.0164. The van der Waals surface area contributed by atoms with Gasteiger partial charge in [0, 0.05) is 33.3 Å². The smallest absolute Gasteiger partial charge is 0.143 e. The van der Waals surface area contributed by atoms with E-state index >= 15 is 0 Å². The molecule has 0 N–H and O–H groups in total. The molecule has 1 unspecified atom stereocenters. The van der Waals surface area contributed by atoms with Gasteiger partial charge in [-0.05, 0) is 109 Å². The molecule has 10 aromatic carbocycles. The van der Waals surface area contributed by atoms with Crippen molar-refractivity contribution < 1.29 is 4.42 Å². The van der Waals surface area contributed by atoms with Crippen LogP contribution >= 0.6 is 0 Å². The van der Waals surface area contributed by atoms with Crippen LogP contribution in [0.4, 0.5) is 17.1 Å². The predicted octanol–water partition coefficient (Wildman–Crippen LogP) is 16.4. The lowest BCUT2D eigenvalue weighted by Crippen LogP contribution is -2.26. The lowest BCUT2D eigenvalue weighted by atomic mass is 9.70. The average molecular weight is 802 g/mol. The van der Waals surface area contributed by atoms with Crippen molar-refractivity contribution in [1.29, 1.82) is 0 Å². The van der Waals surface area contributed by atoms with Crippen LogP contribution < -0.4 is 4.90 Å². The maximum absolute atomic E-state index is 6.51. The number of nitrogens with zero attached hydrogens (tertiary/aromatic N) is 1. The van der Waals surface area contributed by atoms with Gasteiger partial charge < -0.3 is 9.32 Å². The molecule has 13 rings (SSSR count). The molecule has 1 spiro atoms. The molecule has 1 atom stereocenters. The van der Waals surface area contributed by atoms with Crippen LogP contribution in [-0.4, -0.2) is 0 Å². The lowest BCUT2D eigenvalue weighted by molar-refractivity contribution is 0.670. The van der Waals surface area contributed by atoms with Gasteiger partial charge in [0.05, 0.1) is 11.1 Å². The van der Waals surface area contributed by atoms with E-state index in [0.29, 0.717) is 0 Å². The standard InChI is InChI=1S/C61H39NO/c1-3-16-40(17-4-1)43-32-36-50-48-21-7-11-26-54(48)61(56(50)38-43)55-27-12-8-22-49(55)51-37-35-45(39-57(51)61)62(58-28-13-9-20-46(58)41-18-5-2-6-19-41)44-33-30-42(31-34-44)47-24-15-25-53-52-23-10-14-29-59(52)63-60(47)53/h1-39H. The SMILES string of the molecule is c1ccc(-c2ccc3c(c2)C2(c4ccccc4-3)c3ccccc3-c3ccc(N(c4ccc(-c5cccc6c5oc5ccccc56)cc4)c4ccccc4-c4ccccc4)cc32)cc1. The summed E-state index contributed by atoms with van der Waals surface area (Å²) in [7, 11) is 0. The van der Waals surface area contributed by atoms with Gasteiger partial charge in [0.1, 0.15) is 11.2 Å². The molecule has 0 radical (unpaired) electrons. The van der Waals surface area contributed by atoms with E-state index in [0.717, 1.165) is 55.7 Å². The molecule has 11 aromatic rings. The Hall–Kier alpha value is -8.20. The average Bonchev–Trinajstić information content (AvgIpc) is 3.99. The Labute approximate surface area is 366 Å². The molecule has 2 nitrogen and oxygen atoms in total. The second-order valence-corrected chi connectivity index (χ2v) is 16.7. The summed E-state index contributed by atoms with van der Waals surface area (Å²) in [5, 5.41) is 2.26. The maximum atomic E-state index is 6.51. The van der Waals surface area contributed by atoms with Gasteiger partial charge in [-0.3, -0.25) is 0 Å². The summed E-state index contributed by atoms with van der Waals surface area (Å²) in [6.07, 6.45) is 0. The van der Waals surface area contributed by atoms with Crippen molar-refractivity contribution in [3.63, 3.8) is 0 Å². The summed E-state index contributed by atoms with van der Waals surface area (Å²) in [6, 6.07) is 86.6. The highest BCUT2D eigenvalue weighted by Gasteiger charge is 2.52. The van der Waals surface area contributed by atoms with Crippen LogP contribution in [0.25, 0.3) is 77.6 Å². The Balaban J connectivity index is 1.04. The molecule has 0 saturated heterocycles. The van der Waals surface area contributed by atoms with Crippen LogP contribution in [0.5, 0.6) is 0 Å². The van der Waals surface area contributed by atoms with Crippen LogP contribution in [-0.2, 0) is 5.41 Å². The van der Waals surface area contributed by atoms with Gasteiger partial charge in [0.2, 0.25) is 0 Å². The Bertz CT molecular complexity index is 3550. The second kappa shape index (κ2) is 13.9. The Kier molecular flexibility index (Phi) is 7.85. The first-order chi connectivity index (χ1) is 31.3. The molecule has 1 heterocycles. The van der Waals surface area contributed by atoms with Crippen LogP contribution in [0.1, 0.15) is 22.3 Å². The molecule has 0 bridgehead atoms. The Morgan fingerprint density at radius 3 is 1.56 bits per heavy atom. The highest BCUT2D eigenvalue weighted by Crippen LogP contribution is 2.64. The van der Waals surface area contributed by atoms with E-state index in [4.69, 9.17) is 4.42 Å². The topological polar surface area (TPSA) is 16.4 Å². The highest BCUT2D eigenvalue weighted by molar-refractivity contribution is 6.09. The number of furan rings is 1. The van der Waals surface area contributed by atoms with E-state index in [9.17, 15) is 0 Å². The highest BCUT2D eigenvalue weighted by atomic mass is 16.3.